The number of furan rings is 2. The maximum absolute atomic E-state index is 11.1. The quantitative estimate of drug-likeness (QED) is 0.134. The third kappa shape index (κ3) is 12.1. The Bertz CT molecular complexity index is 7840. The van der Waals surface area contributed by atoms with Crippen LogP contribution >= 0.6 is 0 Å². The van der Waals surface area contributed by atoms with Crippen molar-refractivity contribution in [2.75, 3.05) is 0 Å². The van der Waals surface area contributed by atoms with E-state index in [1.54, 1.807) is 18.3 Å². The minimum absolute atomic E-state index is 0. The number of aromatic amines is 1. The van der Waals surface area contributed by atoms with Gasteiger partial charge in [-0.2, -0.15) is 0 Å². The summed E-state index contributed by atoms with van der Waals surface area (Å²) in [6.07, 6.45) is 1.75. The van der Waals surface area contributed by atoms with Crippen molar-refractivity contribution in [1.29, 1.82) is 0 Å². The molecule has 0 unspecified atom stereocenters. The Hall–Kier alpha value is -15.6. The van der Waals surface area contributed by atoms with Crippen LogP contribution in [0, 0.1) is 0 Å². The molecular formula is C109H69LiN7O3+. The second-order valence-electron chi connectivity index (χ2n) is 30.4. The summed E-state index contributed by atoms with van der Waals surface area (Å²) in [5.74, 6) is 0.731. The summed E-state index contributed by atoms with van der Waals surface area (Å²) in [6, 6.07) is 143. The number of fused-ring (bicyclic) bond motifs is 19. The van der Waals surface area contributed by atoms with E-state index in [1.165, 1.54) is 65.3 Å². The molecule has 11 heteroatoms. The number of para-hydroxylation sites is 9. The van der Waals surface area contributed by atoms with Crippen LogP contribution in [0.3, 0.4) is 0 Å². The number of rotatable bonds is 9. The molecule has 0 spiro atoms. The summed E-state index contributed by atoms with van der Waals surface area (Å²) in [7, 11) is 0. The Morgan fingerprint density at radius 2 is 0.592 bits per heavy atom. The van der Waals surface area contributed by atoms with Crippen molar-refractivity contribution in [2.45, 2.75) is 0 Å². The van der Waals surface area contributed by atoms with E-state index in [-0.39, 0.29) is 24.6 Å². The van der Waals surface area contributed by atoms with Crippen molar-refractivity contribution in [3.8, 4) is 84.7 Å². The van der Waals surface area contributed by atoms with Crippen molar-refractivity contribution >= 4 is 142 Å². The summed E-state index contributed by atoms with van der Waals surface area (Å²) in [4.78, 5) is 13.4. The summed E-state index contributed by atoms with van der Waals surface area (Å²) < 4.78 is 22.3. The molecule has 1 N–H and O–H groups in total. The van der Waals surface area contributed by atoms with Gasteiger partial charge in [0.1, 0.15) is 22.3 Å². The predicted octanol–water partition coefficient (Wildman–Crippen LogP) is 24.4. The fourth-order valence-corrected chi connectivity index (χ4v) is 18.0. The van der Waals surface area contributed by atoms with Gasteiger partial charge in [0, 0.05) is 128 Å². The normalized spacial score (nSPS) is 11.6. The molecule has 0 bridgehead atoms. The molecule has 0 amide bonds. The molecule has 0 aliphatic carbocycles. The summed E-state index contributed by atoms with van der Waals surface area (Å²) in [5.41, 5.74) is 27.3. The van der Waals surface area contributed by atoms with E-state index in [1.807, 2.05) is 66.7 Å². The molecule has 8 heterocycles. The van der Waals surface area contributed by atoms with Crippen molar-refractivity contribution in [3.05, 3.63) is 413 Å². The average Bonchev–Trinajstić information content (AvgIpc) is 1.56. The van der Waals surface area contributed by atoms with Gasteiger partial charge in [0.05, 0.1) is 55.5 Å². The van der Waals surface area contributed by atoms with Gasteiger partial charge in [-0.1, -0.05) is 255 Å². The zero-order valence-electron chi connectivity index (χ0n) is 65.2. The molecule has 558 valence electrons. The first-order valence-electron chi connectivity index (χ1n) is 40.1. The molecule has 0 aliphatic rings. The number of pyridine rings is 1. The topological polar surface area (TPSA) is 109 Å². The third-order valence-corrected chi connectivity index (χ3v) is 23.5. The Labute approximate surface area is 700 Å². The molecule has 0 fully saturated rings. The van der Waals surface area contributed by atoms with Crippen LogP contribution in [0.2, 0.25) is 0 Å². The number of hydrogen-bond acceptors (Lipinski definition) is 5. The molecule has 25 rings (SSSR count). The first-order chi connectivity index (χ1) is 58.9. The smallest absolute Gasteiger partial charge is 0.868 e. The van der Waals surface area contributed by atoms with Gasteiger partial charge in [-0.25, -0.2) is 15.0 Å². The summed E-state index contributed by atoms with van der Waals surface area (Å²) >= 11 is 0. The Morgan fingerprint density at radius 3 is 1.07 bits per heavy atom. The number of nitrogens with zero attached hydrogens (tertiary/aromatic N) is 6. The van der Waals surface area contributed by atoms with Gasteiger partial charge in [-0.05, 0) is 161 Å². The van der Waals surface area contributed by atoms with E-state index in [4.69, 9.17) is 18.8 Å². The molecule has 10 nitrogen and oxygen atoms in total. The van der Waals surface area contributed by atoms with Gasteiger partial charge in [0.25, 0.3) is 0 Å². The molecule has 120 heavy (non-hydrogen) atoms. The molecule has 0 atom stereocenters. The maximum atomic E-state index is 11.1. The van der Waals surface area contributed by atoms with Crippen molar-refractivity contribution < 1.29 is 37.8 Å². The first kappa shape index (κ1) is 71.0. The standard InChI is InChI=1S/C52H34N4.C48H28N2O2.C9H7NO.Li/c1-3-15-35(16-4-1)36-27-29-37(30-28-36)46-34-47(54-52(53-46)38-17-5-2-6-18-38)39-31-40(55-48-23-11-7-19-42(48)43-20-8-12-24-49(43)55)33-41(32-39)56-50-25-13-9-21-44(50)45-22-10-14-26-51(45)56;1-3-11-31(12-4-1)49-41-21-19-29(23-35(41)37-25-39-33-15-7-9-17-45(33)51-47(39)27-43(37)49)30-20-22-42-36(24-30)38-26-40-34-16-8-10-18-46(34)52-48(40)28-44(38)50(42)32-13-5-2-6-14-32;11-8-5-1-3-7-4-2-6-10-9(7)8;/h1-34H;1-28H;1-6,11H;/q;;;+1. The Balaban J connectivity index is 0.000000127. The number of aromatic nitrogens is 7. The zero-order valence-corrected chi connectivity index (χ0v) is 65.2. The summed E-state index contributed by atoms with van der Waals surface area (Å²) in [5, 5.41) is 26.4. The molecule has 0 aliphatic heterocycles. The summed E-state index contributed by atoms with van der Waals surface area (Å²) in [6.45, 7) is 0. The second kappa shape index (κ2) is 29.3. The van der Waals surface area contributed by atoms with E-state index < -0.39 is 0 Å². The van der Waals surface area contributed by atoms with Crippen molar-refractivity contribution in [2.24, 2.45) is 0 Å². The van der Waals surface area contributed by atoms with Crippen LogP contribution in [-0.2, 0) is 0 Å². The maximum Gasteiger partial charge on any atom is 1.00 e. The fraction of sp³-hybridized carbons (Fsp3) is 0. The van der Waals surface area contributed by atoms with Gasteiger partial charge in [-0.15, -0.1) is 0 Å². The van der Waals surface area contributed by atoms with E-state index in [9.17, 15) is 5.11 Å². The van der Waals surface area contributed by atoms with Crippen molar-refractivity contribution in [3.63, 3.8) is 0 Å². The number of hydrogen-bond donors (Lipinski definition) is 0. The van der Waals surface area contributed by atoms with Crippen LogP contribution in [0.15, 0.2) is 421 Å². The Morgan fingerprint density at radius 1 is 0.225 bits per heavy atom. The van der Waals surface area contributed by atoms with E-state index in [0.29, 0.717) is 11.3 Å². The molecule has 8 aromatic heterocycles. The first-order valence-corrected chi connectivity index (χ1v) is 40.1. The van der Waals surface area contributed by atoms with Gasteiger partial charge in [0.2, 0.25) is 5.52 Å². The number of benzene rings is 17. The van der Waals surface area contributed by atoms with Crippen molar-refractivity contribution in [1.82, 2.24) is 28.2 Å². The molecule has 17 aromatic carbocycles. The number of H-pyrrole nitrogens is 1. The molecular weight excluding hydrogens is 1460 g/mol. The third-order valence-electron chi connectivity index (χ3n) is 23.5. The molecule has 0 radical (unpaired) electrons. The largest absolute Gasteiger partial charge is 1.00 e. The van der Waals surface area contributed by atoms with Crippen LogP contribution in [0.25, 0.3) is 221 Å². The minimum Gasteiger partial charge on any atom is -0.868 e. The fourth-order valence-electron chi connectivity index (χ4n) is 18.0. The average molecular weight is 1530 g/mol. The van der Waals surface area contributed by atoms with E-state index in [2.05, 4.69) is 351 Å². The minimum atomic E-state index is 0. The second-order valence-corrected chi connectivity index (χ2v) is 30.4. The van der Waals surface area contributed by atoms with Crippen LogP contribution in [-0.4, -0.2) is 28.2 Å². The SMILES string of the molecule is [Li+].[O-]c1cccc2ccc[nH+]c12.c1ccc(-c2ccc(-c3cc(-c4cc(-n5c6ccccc6c6ccccc65)cc(-n5c6ccccc6c6ccccc65)c4)nc(-c4ccccc4)n3)cc2)cc1.c1ccc(-n2c3ccc(-c4ccc5c(c4)c4cc6c(cc4n5-c4ccccc4)oc4ccccc46)cc3c3cc4c(cc32)oc2ccccc24)cc1. The van der Waals surface area contributed by atoms with E-state index in [0.717, 1.165) is 144 Å². The van der Waals surface area contributed by atoms with Gasteiger partial charge in [0.15, 0.2) is 12.0 Å². The van der Waals surface area contributed by atoms with Gasteiger partial charge in [-0.3, -0.25) is 0 Å². The predicted molar refractivity (Wildman–Crippen MR) is 488 cm³/mol. The monoisotopic (exact) mass is 1530 g/mol. The molecule has 0 saturated carbocycles. The van der Waals surface area contributed by atoms with E-state index >= 15 is 0 Å². The van der Waals surface area contributed by atoms with Crippen LogP contribution in [0.4, 0.5) is 0 Å². The van der Waals surface area contributed by atoms with Gasteiger partial charge >= 0.3 is 18.9 Å². The Kier molecular flexibility index (Phi) is 17.3. The van der Waals surface area contributed by atoms with Crippen LogP contribution < -0.4 is 29.0 Å². The van der Waals surface area contributed by atoms with Gasteiger partial charge < -0.3 is 32.2 Å². The van der Waals surface area contributed by atoms with Crippen LogP contribution in [0.1, 0.15) is 0 Å². The molecule has 0 saturated heterocycles. The molecule has 25 aromatic rings. The number of nitrogens with one attached hydrogen (secondary N) is 1. The van der Waals surface area contributed by atoms with Crippen LogP contribution in [0.5, 0.6) is 5.75 Å². The zero-order chi connectivity index (χ0) is 78.6.